The van der Waals surface area contributed by atoms with Crippen LogP contribution in [0.25, 0.3) is 0 Å². The highest BCUT2D eigenvalue weighted by Gasteiger charge is 2.12. The average molecular weight is 393 g/mol. The Bertz CT molecular complexity index is 530. The van der Waals surface area contributed by atoms with Gasteiger partial charge in [0.15, 0.2) is 0 Å². The van der Waals surface area contributed by atoms with Crippen LogP contribution in [0.15, 0.2) is 4.42 Å². The Hall–Kier alpha value is -1.25. The molecule has 0 N–H and O–H groups in total. The Labute approximate surface area is 173 Å². The van der Waals surface area contributed by atoms with E-state index in [0.29, 0.717) is 13.0 Å². The minimum Gasteiger partial charge on any atom is -0.466 e. The van der Waals surface area contributed by atoms with Gasteiger partial charge in [0, 0.05) is 19.3 Å². The number of unbranched alkanes of at least 4 members (excludes halogenated alkanes) is 10. The van der Waals surface area contributed by atoms with Crippen LogP contribution in [0.5, 0.6) is 0 Å². The SMILES string of the molecule is CCCCCc1oc(CCCCCCCCCCCC(=O)OCC)c(C)c1C. The van der Waals surface area contributed by atoms with Crippen molar-refractivity contribution in [3.63, 3.8) is 0 Å². The van der Waals surface area contributed by atoms with E-state index in [1.165, 1.54) is 86.9 Å². The summed E-state index contributed by atoms with van der Waals surface area (Å²) in [6.07, 6.45) is 17.7. The maximum absolute atomic E-state index is 11.3. The molecule has 0 fully saturated rings. The van der Waals surface area contributed by atoms with E-state index in [1.54, 1.807) is 0 Å². The lowest BCUT2D eigenvalue weighted by molar-refractivity contribution is -0.143. The third-order valence-corrected chi connectivity index (χ3v) is 5.74. The molecule has 3 nitrogen and oxygen atoms in total. The van der Waals surface area contributed by atoms with Crippen molar-refractivity contribution in [3.8, 4) is 0 Å². The van der Waals surface area contributed by atoms with Crippen LogP contribution in [0.1, 0.15) is 120 Å². The van der Waals surface area contributed by atoms with Crippen LogP contribution in [0.3, 0.4) is 0 Å². The first kappa shape index (κ1) is 24.8. The zero-order valence-corrected chi connectivity index (χ0v) is 19.0. The fourth-order valence-electron chi connectivity index (χ4n) is 3.76. The van der Waals surface area contributed by atoms with Gasteiger partial charge in [-0.1, -0.05) is 64.7 Å². The molecule has 3 heteroatoms. The zero-order valence-electron chi connectivity index (χ0n) is 19.0. The van der Waals surface area contributed by atoms with Gasteiger partial charge in [0.25, 0.3) is 0 Å². The van der Waals surface area contributed by atoms with Crippen LogP contribution in [0.2, 0.25) is 0 Å². The van der Waals surface area contributed by atoms with Gasteiger partial charge in [-0.05, 0) is 51.2 Å². The number of hydrogen-bond acceptors (Lipinski definition) is 3. The molecule has 0 radical (unpaired) electrons. The molecular formula is C25H44O3. The van der Waals surface area contributed by atoms with E-state index in [1.807, 2.05) is 6.92 Å². The number of ether oxygens (including phenoxy) is 1. The van der Waals surface area contributed by atoms with E-state index >= 15 is 0 Å². The van der Waals surface area contributed by atoms with Crippen LogP contribution < -0.4 is 0 Å². The summed E-state index contributed by atoms with van der Waals surface area (Å²) in [4.78, 5) is 11.3. The van der Waals surface area contributed by atoms with E-state index in [-0.39, 0.29) is 5.97 Å². The van der Waals surface area contributed by atoms with E-state index < -0.39 is 0 Å². The predicted octanol–water partition coefficient (Wildman–Crippen LogP) is 7.64. The standard InChI is InChI=1S/C25H44O3/c1-5-7-15-18-23-21(3)22(4)24(28-23)19-16-13-11-9-8-10-12-14-17-20-25(26)27-6-2/h5-20H2,1-4H3. The molecule has 0 unspecified atom stereocenters. The molecule has 0 aliphatic heterocycles. The van der Waals surface area contributed by atoms with Crippen molar-refractivity contribution in [1.82, 2.24) is 0 Å². The normalized spacial score (nSPS) is 11.1. The van der Waals surface area contributed by atoms with E-state index in [9.17, 15) is 4.79 Å². The highest BCUT2D eigenvalue weighted by atomic mass is 16.5. The molecule has 1 rings (SSSR count). The highest BCUT2D eigenvalue weighted by Crippen LogP contribution is 2.25. The molecule has 0 saturated carbocycles. The van der Waals surface area contributed by atoms with Crippen LogP contribution in [-0.2, 0) is 22.4 Å². The van der Waals surface area contributed by atoms with Crippen LogP contribution in [-0.4, -0.2) is 12.6 Å². The lowest BCUT2D eigenvalue weighted by Gasteiger charge is -2.03. The molecule has 1 heterocycles. The minimum absolute atomic E-state index is 0.0439. The molecule has 0 atom stereocenters. The molecule has 162 valence electrons. The van der Waals surface area contributed by atoms with Crippen LogP contribution >= 0.6 is 0 Å². The second-order valence-corrected chi connectivity index (χ2v) is 8.14. The molecule has 1 aromatic heterocycles. The van der Waals surface area contributed by atoms with Crippen molar-refractivity contribution in [2.45, 2.75) is 124 Å². The summed E-state index contributed by atoms with van der Waals surface area (Å²) in [7, 11) is 0. The Kier molecular flexibility index (Phi) is 13.9. The van der Waals surface area contributed by atoms with Crippen molar-refractivity contribution in [2.24, 2.45) is 0 Å². The summed E-state index contributed by atoms with van der Waals surface area (Å²) in [6.45, 7) is 9.05. The molecule has 0 bridgehead atoms. The first-order valence-electron chi connectivity index (χ1n) is 11.8. The average Bonchev–Trinajstić information content (AvgIpc) is 2.94. The van der Waals surface area contributed by atoms with Gasteiger partial charge in [-0.3, -0.25) is 4.79 Å². The summed E-state index contributed by atoms with van der Waals surface area (Å²) in [5.41, 5.74) is 2.77. The second-order valence-electron chi connectivity index (χ2n) is 8.14. The number of carbonyl (C=O) groups excluding carboxylic acids is 1. The zero-order chi connectivity index (χ0) is 20.6. The van der Waals surface area contributed by atoms with E-state index in [2.05, 4.69) is 20.8 Å². The fourth-order valence-corrected chi connectivity index (χ4v) is 3.76. The molecule has 0 aliphatic carbocycles. The van der Waals surface area contributed by atoms with Crippen molar-refractivity contribution in [2.75, 3.05) is 6.61 Å². The van der Waals surface area contributed by atoms with Gasteiger partial charge in [-0.2, -0.15) is 0 Å². The monoisotopic (exact) mass is 392 g/mol. The molecule has 1 aromatic rings. The van der Waals surface area contributed by atoms with E-state index in [4.69, 9.17) is 9.15 Å². The molecule has 0 saturated heterocycles. The van der Waals surface area contributed by atoms with Gasteiger partial charge in [-0.25, -0.2) is 0 Å². The molecular weight excluding hydrogens is 348 g/mol. The summed E-state index contributed by atoms with van der Waals surface area (Å²) >= 11 is 0. The number of furan rings is 1. The Morgan fingerprint density at radius 2 is 1.18 bits per heavy atom. The molecule has 0 spiro atoms. The Morgan fingerprint density at radius 1 is 0.714 bits per heavy atom. The van der Waals surface area contributed by atoms with Crippen molar-refractivity contribution in [1.29, 1.82) is 0 Å². The lowest BCUT2D eigenvalue weighted by Crippen LogP contribution is -2.03. The number of hydrogen-bond donors (Lipinski definition) is 0. The Balaban J connectivity index is 2.03. The van der Waals surface area contributed by atoms with Crippen LogP contribution in [0.4, 0.5) is 0 Å². The van der Waals surface area contributed by atoms with Gasteiger partial charge in [0.1, 0.15) is 11.5 Å². The Morgan fingerprint density at radius 3 is 1.68 bits per heavy atom. The smallest absolute Gasteiger partial charge is 0.305 e. The maximum atomic E-state index is 11.3. The molecule has 0 aromatic carbocycles. The number of rotatable bonds is 17. The van der Waals surface area contributed by atoms with Gasteiger partial charge in [0.2, 0.25) is 0 Å². The summed E-state index contributed by atoms with van der Waals surface area (Å²) in [6, 6.07) is 0. The summed E-state index contributed by atoms with van der Waals surface area (Å²) in [5, 5.41) is 0. The third-order valence-electron chi connectivity index (χ3n) is 5.74. The third kappa shape index (κ3) is 10.3. The van der Waals surface area contributed by atoms with Crippen molar-refractivity contribution >= 4 is 5.97 Å². The second kappa shape index (κ2) is 15.6. The van der Waals surface area contributed by atoms with Crippen molar-refractivity contribution in [3.05, 3.63) is 22.6 Å². The first-order valence-corrected chi connectivity index (χ1v) is 11.8. The quantitative estimate of drug-likeness (QED) is 0.202. The topological polar surface area (TPSA) is 39.4 Å². The maximum Gasteiger partial charge on any atom is 0.305 e. The van der Waals surface area contributed by atoms with Gasteiger partial charge < -0.3 is 9.15 Å². The molecule has 0 amide bonds. The lowest BCUT2D eigenvalue weighted by atomic mass is 10.0. The largest absolute Gasteiger partial charge is 0.466 e. The molecule has 0 aliphatic rings. The molecule has 28 heavy (non-hydrogen) atoms. The fraction of sp³-hybridized carbons (Fsp3) is 0.800. The number of esters is 1. The van der Waals surface area contributed by atoms with Crippen molar-refractivity contribution < 1.29 is 13.9 Å². The van der Waals surface area contributed by atoms with E-state index in [0.717, 1.165) is 25.7 Å². The summed E-state index contributed by atoms with van der Waals surface area (Å²) in [5.74, 6) is 2.41. The van der Waals surface area contributed by atoms with Gasteiger partial charge in [-0.15, -0.1) is 0 Å². The van der Waals surface area contributed by atoms with Gasteiger partial charge in [0.05, 0.1) is 6.61 Å². The number of aryl methyl sites for hydroxylation is 2. The van der Waals surface area contributed by atoms with Gasteiger partial charge >= 0.3 is 5.97 Å². The number of carbonyl (C=O) groups is 1. The summed E-state index contributed by atoms with van der Waals surface area (Å²) < 4.78 is 11.1. The first-order chi connectivity index (χ1) is 13.6. The highest BCUT2D eigenvalue weighted by molar-refractivity contribution is 5.69. The predicted molar refractivity (Wildman–Crippen MR) is 118 cm³/mol. The minimum atomic E-state index is -0.0439. The van der Waals surface area contributed by atoms with Crippen LogP contribution in [0, 0.1) is 13.8 Å².